The van der Waals surface area contributed by atoms with Crippen LogP contribution in [-0.2, 0) is 6.54 Å². The fourth-order valence-electron chi connectivity index (χ4n) is 10.4. The zero-order valence-electron chi connectivity index (χ0n) is 43.7. The summed E-state index contributed by atoms with van der Waals surface area (Å²) in [6.45, 7) is 6.49. The predicted molar refractivity (Wildman–Crippen MR) is 298 cm³/mol. The lowest BCUT2D eigenvalue weighted by Crippen LogP contribution is -2.35. The molecule has 0 saturated carbocycles. The van der Waals surface area contributed by atoms with Gasteiger partial charge in [-0.2, -0.15) is 4.57 Å². The van der Waals surface area contributed by atoms with Crippen LogP contribution in [0.4, 0.5) is 5.69 Å². The maximum absolute atomic E-state index is 6.64. The first-order valence-corrected chi connectivity index (χ1v) is 28.8. The summed E-state index contributed by atoms with van der Waals surface area (Å²) in [5, 5.41) is 0. The Hall–Kier alpha value is -4.57. The maximum Gasteiger partial charge on any atom is 0.374 e. The van der Waals surface area contributed by atoms with Gasteiger partial charge in [0, 0.05) is 19.0 Å². The van der Waals surface area contributed by atoms with E-state index in [1.54, 1.807) is 0 Å². The van der Waals surface area contributed by atoms with Gasteiger partial charge in [-0.1, -0.05) is 273 Å². The molecule has 5 aromatic rings. The Balaban J connectivity index is 1.02. The molecular weight excluding hydrogens is 841 g/mol. The molecule has 0 fully saturated rings. The molecule has 0 bridgehead atoms. The van der Waals surface area contributed by atoms with E-state index >= 15 is 0 Å². The van der Waals surface area contributed by atoms with Crippen LogP contribution >= 0.6 is 0 Å². The average molecular weight is 934 g/mol. The molecule has 2 heterocycles. The number of benzene rings is 4. The first-order valence-electron chi connectivity index (χ1n) is 28.8. The molecule has 4 aromatic carbocycles. The van der Waals surface area contributed by atoms with Crippen LogP contribution in [0.2, 0.25) is 0 Å². The minimum Gasteiger partial charge on any atom is -0.439 e. The summed E-state index contributed by atoms with van der Waals surface area (Å²) in [6.07, 6.45) is 50.4. The molecule has 0 aliphatic carbocycles. The predicted octanol–water partition coefficient (Wildman–Crippen LogP) is 20.3. The first kappa shape index (κ1) is 53.8. The van der Waals surface area contributed by atoms with Gasteiger partial charge in [0.15, 0.2) is 12.3 Å². The minimum absolute atomic E-state index is 0.888. The van der Waals surface area contributed by atoms with Crippen molar-refractivity contribution in [2.75, 3.05) is 11.4 Å². The van der Waals surface area contributed by atoms with E-state index in [4.69, 9.17) is 9.15 Å². The van der Waals surface area contributed by atoms with Crippen LogP contribution in [0.1, 0.15) is 225 Å². The molecule has 374 valence electrons. The summed E-state index contributed by atoms with van der Waals surface area (Å²) in [4.78, 5) is 2.41. The first-order chi connectivity index (χ1) is 34.2. The Morgan fingerprint density at radius 1 is 0.435 bits per heavy atom. The van der Waals surface area contributed by atoms with Crippen LogP contribution in [0.15, 0.2) is 120 Å². The molecule has 69 heavy (non-hydrogen) atoms. The molecule has 0 radical (unpaired) electrons. The Labute approximate surface area is 421 Å². The normalized spacial score (nSPS) is 13.1. The lowest BCUT2D eigenvalue weighted by Gasteiger charge is -2.18. The van der Waals surface area contributed by atoms with E-state index < -0.39 is 0 Å². The molecular formula is C65H93N2O2+. The number of hydrogen-bond donors (Lipinski definition) is 0. The topological polar surface area (TPSA) is 29.5 Å². The second kappa shape index (κ2) is 33.1. The van der Waals surface area contributed by atoms with Crippen molar-refractivity contribution in [3.8, 4) is 28.0 Å². The Kier molecular flexibility index (Phi) is 25.8. The van der Waals surface area contributed by atoms with Crippen molar-refractivity contribution in [1.29, 1.82) is 0 Å². The quantitative estimate of drug-likeness (QED) is 0.0292. The fraction of sp³-hybridized carbons (Fsp3) is 0.554. The molecule has 1 aliphatic heterocycles. The molecule has 6 rings (SSSR count). The van der Waals surface area contributed by atoms with Crippen molar-refractivity contribution in [2.24, 2.45) is 0 Å². The number of oxazole rings is 1. The summed E-state index contributed by atoms with van der Waals surface area (Å²) >= 11 is 0. The van der Waals surface area contributed by atoms with Crippen LogP contribution < -0.4 is 14.2 Å². The van der Waals surface area contributed by atoms with Gasteiger partial charge in [0.2, 0.25) is 11.5 Å². The van der Waals surface area contributed by atoms with Crippen molar-refractivity contribution in [2.45, 2.75) is 226 Å². The number of aryl methyl sites for hydroxylation is 1. The minimum atomic E-state index is 0.888. The summed E-state index contributed by atoms with van der Waals surface area (Å²) in [6, 6.07) is 34.8. The Morgan fingerprint density at radius 2 is 0.870 bits per heavy atom. The van der Waals surface area contributed by atoms with Gasteiger partial charge in [0.1, 0.15) is 0 Å². The second-order valence-electron chi connectivity index (χ2n) is 20.4. The van der Waals surface area contributed by atoms with Gasteiger partial charge in [-0.25, -0.2) is 0 Å². The van der Waals surface area contributed by atoms with Crippen LogP contribution in [-0.4, -0.2) is 6.54 Å². The number of aromatic nitrogens is 1. The molecule has 0 amide bonds. The van der Waals surface area contributed by atoms with Gasteiger partial charge in [0.05, 0.1) is 11.8 Å². The van der Waals surface area contributed by atoms with E-state index in [2.05, 4.69) is 139 Å². The molecule has 4 nitrogen and oxygen atoms in total. The monoisotopic (exact) mass is 934 g/mol. The third-order valence-electron chi connectivity index (χ3n) is 14.6. The smallest absolute Gasteiger partial charge is 0.374 e. The third-order valence-corrected chi connectivity index (χ3v) is 14.6. The second-order valence-corrected chi connectivity index (χ2v) is 20.4. The maximum atomic E-state index is 6.64. The number of ether oxygens (including phenoxy) is 1. The summed E-state index contributed by atoms with van der Waals surface area (Å²) in [5.74, 6) is 2.71. The van der Waals surface area contributed by atoms with Gasteiger partial charge in [-0.3, -0.25) is 0 Å². The number of fused-ring (bicyclic) bond motifs is 2. The van der Waals surface area contributed by atoms with Gasteiger partial charge in [-0.05, 0) is 65.4 Å². The number of anilines is 1. The third kappa shape index (κ3) is 19.3. The van der Waals surface area contributed by atoms with Gasteiger partial charge in [-0.15, -0.1) is 0 Å². The Bertz CT molecular complexity index is 2170. The van der Waals surface area contributed by atoms with E-state index in [-0.39, 0.29) is 0 Å². The van der Waals surface area contributed by atoms with E-state index in [0.717, 1.165) is 60.2 Å². The van der Waals surface area contributed by atoms with Gasteiger partial charge in [0.25, 0.3) is 5.52 Å². The standard InChI is InChI=1S/C65H93N2O2/c1-3-5-7-9-11-13-15-17-19-21-23-25-27-29-31-39-52-66-60-54-58(56-42-35-33-36-43-56)48-50-62(60)68-64(66)46-41-47-65-67(61-55-59(49-51-63(61)69-65)57-44-37-34-38-45-57)53-40-32-30-28-26-24-22-20-18-16-14-12-10-8-6-4-2/h33-38,41-51,54-55H,3-32,39-40,52-53H2,1-2H3/q+1. The summed E-state index contributed by atoms with van der Waals surface area (Å²) in [7, 11) is 0. The van der Waals surface area contributed by atoms with Gasteiger partial charge >= 0.3 is 5.89 Å². The lowest BCUT2D eigenvalue weighted by atomic mass is 10.0. The highest BCUT2D eigenvalue weighted by molar-refractivity contribution is 5.79. The van der Waals surface area contributed by atoms with Crippen molar-refractivity contribution in [3.63, 3.8) is 0 Å². The summed E-state index contributed by atoms with van der Waals surface area (Å²) in [5.41, 5.74) is 8.16. The largest absolute Gasteiger partial charge is 0.439 e. The van der Waals surface area contributed by atoms with E-state index in [1.807, 2.05) is 0 Å². The van der Waals surface area contributed by atoms with Crippen molar-refractivity contribution in [1.82, 2.24) is 0 Å². The van der Waals surface area contributed by atoms with Crippen molar-refractivity contribution in [3.05, 3.63) is 121 Å². The number of hydrogen-bond acceptors (Lipinski definition) is 3. The number of rotatable bonds is 38. The van der Waals surface area contributed by atoms with E-state index in [0.29, 0.717) is 0 Å². The van der Waals surface area contributed by atoms with Crippen LogP contribution in [0, 0.1) is 0 Å². The lowest BCUT2D eigenvalue weighted by molar-refractivity contribution is -0.678. The molecule has 0 spiro atoms. The number of nitrogens with zero attached hydrogens (tertiary/aromatic N) is 2. The van der Waals surface area contributed by atoms with Crippen molar-refractivity contribution < 1.29 is 13.7 Å². The van der Waals surface area contributed by atoms with Crippen LogP contribution in [0.5, 0.6) is 5.75 Å². The number of unbranched alkanes of at least 4 members (excludes halogenated alkanes) is 30. The van der Waals surface area contributed by atoms with Crippen molar-refractivity contribution >= 4 is 22.9 Å². The molecule has 1 aromatic heterocycles. The SMILES string of the molecule is CCCCCCCCCCCCCCCCCCN1/C(=C/C=C/c2oc3ccc(-c4ccccc4)cc3[n+]2CCCCCCCCCCCCCCCCCC)Oc2ccc(-c3ccccc3)cc21. The fourth-order valence-corrected chi connectivity index (χ4v) is 10.4. The molecule has 0 unspecified atom stereocenters. The van der Waals surface area contributed by atoms with Crippen LogP contribution in [0.25, 0.3) is 39.4 Å². The summed E-state index contributed by atoms with van der Waals surface area (Å²) < 4.78 is 15.7. The van der Waals surface area contributed by atoms with E-state index in [1.165, 1.54) is 215 Å². The Morgan fingerprint density at radius 3 is 1.36 bits per heavy atom. The molecule has 0 N–H and O–H groups in total. The molecule has 0 saturated heterocycles. The zero-order valence-corrected chi connectivity index (χ0v) is 43.7. The van der Waals surface area contributed by atoms with E-state index in [9.17, 15) is 0 Å². The average Bonchev–Trinajstić information content (AvgIpc) is 3.92. The molecule has 4 heteroatoms. The van der Waals surface area contributed by atoms with Gasteiger partial charge < -0.3 is 14.1 Å². The highest BCUT2D eigenvalue weighted by Gasteiger charge is 2.27. The number of allylic oxidation sites excluding steroid dienone is 2. The molecule has 1 aliphatic rings. The van der Waals surface area contributed by atoms with Crippen LogP contribution in [0.3, 0.4) is 0 Å². The molecule has 0 atom stereocenters. The zero-order chi connectivity index (χ0) is 47.8. The highest BCUT2D eigenvalue weighted by atomic mass is 16.5. The highest BCUT2D eigenvalue weighted by Crippen LogP contribution is 2.42.